The molecule has 0 aromatic heterocycles. The molecule has 0 N–H and O–H groups in total. The van der Waals surface area contributed by atoms with Crippen LogP contribution in [0.3, 0.4) is 0 Å². The molecule has 0 aliphatic rings. The third-order valence-electron chi connectivity index (χ3n) is 15.5. The zero-order chi connectivity index (χ0) is 68.4. The van der Waals surface area contributed by atoms with Gasteiger partial charge in [-0.15, -0.1) is 0 Å². The number of sulfonamides is 4. The summed E-state index contributed by atoms with van der Waals surface area (Å²) in [6, 6.07) is 0. The van der Waals surface area contributed by atoms with Crippen LogP contribution in [-0.2, 0) is 40.1 Å². The Hall–Kier alpha value is 0.817. The van der Waals surface area contributed by atoms with Crippen molar-refractivity contribution in [2.24, 2.45) is 0 Å². The van der Waals surface area contributed by atoms with E-state index in [1.807, 2.05) is 0 Å². The predicted molar refractivity (Wildman–Crippen MR) is 351 cm³/mol. The maximum Gasteiger partial charge on any atom is 1.00 e. The first kappa shape index (κ1) is 102. The van der Waals surface area contributed by atoms with Crippen molar-refractivity contribution in [2.75, 3.05) is 49.3 Å². The molecule has 30 heteroatoms. The summed E-state index contributed by atoms with van der Waals surface area (Å²) in [6.07, 6.45) is 71.9. The number of nitrogens with zero attached hydrogens (tertiary/aromatic N) is 2. The maximum atomic E-state index is 11.4. The van der Waals surface area contributed by atoms with Gasteiger partial charge in [0.1, 0.15) is 0 Å². The van der Waals surface area contributed by atoms with Crippen LogP contribution in [0, 0.1) is 0 Å². The molecule has 0 rings (SSSR count). The minimum absolute atomic E-state index is 0. The van der Waals surface area contributed by atoms with E-state index < -0.39 is 76.7 Å². The standard InChI is InChI=1S/2C28H60P.2C2F6NO4S2.BrH.Li.H/c2*1-5-9-13-14-15-16-17-18-19-20-21-22-23-24-28-29(25-10-6-2,26-11-7-3)27-12-8-4;2*3-1(4,5)14(10,11)9-15(12,13)2(6,7)8;;;/h2*5-28H2,1-4H3;;;1H;;/q2*+1;2*-1;;+1;-1/p-1. The van der Waals surface area contributed by atoms with Gasteiger partial charge in [0.2, 0.25) is 0 Å². The van der Waals surface area contributed by atoms with E-state index in [-0.39, 0.29) is 37.3 Å². The van der Waals surface area contributed by atoms with Crippen LogP contribution in [0.15, 0.2) is 0 Å². The second-order valence-corrected chi connectivity index (χ2v) is 39.4. The van der Waals surface area contributed by atoms with Crippen LogP contribution < -0.4 is 35.8 Å². The smallest absolute Gasteiger partial charge is 1.00 e. The normalized spacial score (nSPS) is 12.8. The van der Waals surface area contributed by atoms with Crippen molar-refractivity contribution < 1.29 is 124 Å². The fraction of sp³-hybridized carbons (Fsp3) is 1.00. The van der Waals surface area contributed by atoms with Crippen molar-refractivity contribution >= 4 is 54.6 Å². The number of rotatable bonds is 52. The van der Waals surface area contributed by atoms with Gasteiger partial charge in [-0.3, -0.25) is 0 Å². The van der Waals surface area contributed by atoms with Gasteiger partial charge in [-0.25, -0.2) is 33.7 Å². The Labute approximate surface area is 566 Å². The Kier molecular flexibility index (Phi) is 65.3. The second-order valence-electron chi connectivity index (χ2n) is 23.6. The summed E-state index contributed by atoms with van der Waals surface area (Å²) in [5.41, 5.74) is -24.8. The fourth-order valence-corrected chi connectivity index (χ4v) is 23.8. The fourth-order valence-electron chi connectivity index (χ4n) is 10.0. The van der Waals surface area contributed by atoms with Gasteiger partial charge < -0.3 is 26.7 Å². The average molecular weight is 1500 g/mol. The zero-order valence-corrected chi connectivity index (χ0v) is 63.2. The minimum atomic E-state index is -6.72. The quantitative estimate of drug-likeness (QED) is 0.0251. The van der Waals surface area contributed by atoms with Crippen molar-refractivity contribution in [1.29, 1.82) is 0 Å². The molecule has 0 fully saturated rings. The SMILES string of the molecule is CCCCCCCCCCCCCCCC[P+](CCCC)(CCCC)CCCC.CCCCCCCCCCCCCCCC[P+](CCCC)(CCCC)CCCC.O=S(=O)([N-]S(=O)(=O)C(F)(F)F)C(F)(F)F.O=S(=O)([N-]S(=O)(=O)C(F)(F)F)C(F)(F)F.[Br-].[H-].[Li+]. The molecule has 0 aliphatic carbocycles. The Bertz CT molecular complexity index is 1840. The van der Waals surface area contributed by atoms with E-state index in [1.165, 1.54) is 244 Å². The molecule has 0 aromatic rings. The van der Waals surface area contributed by atoms with Gasteiger partial charge in [-0.05, 0) is 64.2 Å². The van der Waals surface area contributed by atoms with Gasteiger partial charge in [0.05, 0.1) is 49.3 Å². The zero-order valence-electron chi connectivity index (χ0n) is 57.5. The van der Waals surface area contributed by atoms with Crippen LogP contribution >= 0.6 is 14.5 Å². The first-order valence-corrected chi connectivity index (χ1v) is 44.2. The van der Waals surface area contributed by atoms with Crippen molar-refractivity contribution in [3.63, 3.8) is 0 Å². The molecule has 0 atom stereocenters. The second kappa shape index (κ2) is 57.7. The molecule has 0 amide bonds. The molecule has 0 bridgehead atoms. The Morgan fingerprint density at radius 3 is 0.467 bits per heavy atom. The number of hydrogen-bond acceptors (Lipinski definition) is 8. The van der Waals surface area contributed by atoms with Crippen molar-refractivity contribution in [1.82, 2.24) is 0 Å². The summed E-state index contributed by atoms with van der Waals surface area (Å²) in [5.74, 6) is 0. The first-order chi connectivity index (χ1) is 40.9. The number of unbranched alkanes of at least 4 members (excludes halogenated alkanes) is 32. The van der Waals surface area contributed by atoms with Crippen LogP contribution in [0.2, 0.25) is 0 Å². The Morgan fingerprint density at radius 1 is 0.233 bits per heavy atom. The van der Waals surface area contributed by atoms with Crippen LogP contribution in [0.25, 0.3) is 8.25 Å². The Morgan fingerprint density at radius 2 is 0.344 bits per heavy atom. The summed E-state index contributed by atoms with van der Waals surface area (Å²) in [7, 11) is -28.1. The molecule has 0 heterocycles. The Balaban J connectivity index is -0.000000214. The monoisotopic (exact) mass is 1500 g/mol. The first-order valence-electron chi connectivity index (χ1n) is 33.3. The van der Waals surface area contributed by atoms with Gasteiger partial charge in [-0.2, -0.15) is 52.7 Å². The number of halogens is 13. The molecule has 0 radical (unpaired) electrons. The molecule has 0 aromatic carbocycles. The van der Waals surface area contributed by atoms with Gasteiger partial charge in [0, 0.05) is 14.5 Å². The van der Waals surface area contributed by atoms with Gasteiger partial charge >= 0.3 is 40.9 Å². The van der Waals surface area contributed by atoms with Crippen molar-refractivity contribution in [3.05, 3.63) is 8.25 Å². The minimum Gasteiger partial charge on any atom is -1.00 e. The summed E-state index contributed by atoms with van der Waals surface area (Å²) in [6.45, 7) is 19.0. The average Bonchev–Trinajstić information content (AvgIpc) is 3.42. The molecule has 546 valence electrons. The van der Waals surface area contributed by atoms with Crippen LogP contribution in [0.1, 0.15) is 314 Å². The van der Waals surface area contributed by atoms with E-state index >= 15 is 0 Å². The van der Waals surface area contributed by atoms with E-state index in [0.717, 1.165) is 8.25 Å². The topological polar surface area (TPSA) is 165 Å². The summed E-state index contributed by atoms with van der Waals surface area (Å²) in [4.78, 5) is 0. The van der Waals surface area contributed by atoms with E-state index in [9.17, 15) is 86.4 Å². The molecule has 0 aliphatic heterocycles. The van der Waals surface area contributed by atoms with Gasteiger partial charge in [0.15, 0.2) is 40.1 Å². The molecule has 0 spiro atoms. The van der Waals surface area contributed by atoms with E-state index in [0.29, 0.717) is 0 Å². The third-order valence-corrected chi connectivity index (χ3v) is 31.0. The molecule has 0 unspecified atom stereocenters. The molecule has 10 nitrogen and oxygen atoms in total. The van der Waals surface area contributed by atoms with Crippen LogP contribution in [-0.4, -0.2) is 105 Å². The largest absolute Gasteiger partial charge is 1.00 e. The van der Waals surface area contributed by atoms with Crippen LogP contribution in [0.4, 0.5) is 52.7 Å². The predicted octanol–water partition coefficient (Wildman–Crippen LogP) is 18.0. The van der Waals surface area contributed by atoms with Gasteiger partial charge in [0.25, 0.3) is 0 Å². The summed E-state index contributed by atoms with van der Waals surface area (Å²) in [5, 5.41) is 0. The van der Waals surface area contributed by atoms with Crippen molar-refractivity contribution in [3.8, 4) is 0 Å². The van der Waals surface area contributed by atoms with Gasteiger partial charge in [-0.1, -0.05) is 248 Å². The van der Waals surface area contributed by atoms with E-state index in [4.69, 9.17) is 0 Å². The molecule has 0 saturated carbocycles. The molecular formula is C60H121BrF12LiN2O8P2S4-. The number of alkyl halides is 12. The molecule has 90 heavy (non-hydrogen) atoms. The molecule has 0 saturated heterocycles. The summed E-state index contributed by atoms with van der Waals surface area (Å²) >= 11 is 0. The number of hydrogen-bond donors (Lipinski definition) is 0. The maximum absolute atomic E-state index is 11.4. The molecular weight excluding hydrogens is 1380 g/mol. The van der Waals surface area contributed by atoms with Crippen LogP contribution in [0.5, 0.6) is 0 Å². The van der Waals surface area contributed by atoms with E-state index in [1.54, 1.807) is 62.1 Å². The van der Waals surface area contributed by atoms with Crippen molar-refractivity contribution in [2.45, 2.75) is 334 Å². The van der Waals surface area contributed by atoms with E-state index in [2.05, 4.69) is 55.4 Å². The third kappa shape index (κ3) is 53.8. The summed E-state index contributed by atoms with van der Waals surface area (Å²) < 4.78 is 218.